The van der Waals surface area contributed by atoms with Crippen LogP contribution >= 0.6 is 11.5 Å². The van der Waals surface area contributed by atoms with Crippen LogP contribution in [0.25, 0.3) is 11.5 Å². The number of pyridine rings is 1. The molecule has 1 N–H and O–H groups in total. The van der Waals surface area contributed by atoms with Crippen molar-refractivity contribution in [3.05, 3.63) is 41.5 Å². The van der Waals surface area contributed by atoms with Crippen LogP contribution in [0.4, 0.5) is 18.3 Å². The topological polar surface area (TPSA) is 92.6 Å². The zero-order chi connectivity index (χ0) is 24.1. The number of aliphatic imine (C=N–C) groups is 1. The molecule has 0 unspecified atom stereocenters. The van der Waals surface area contributed by atoms with Crippen molar-refractivity contribution in [2.75, 3.05) is 12.4 Å². The molecule has 0 fully saturated rings. The molecule has 0 saturated carbocycles. The van der Waals surface area contributed by atoms with Crippen molar-refractivity contribution in [1.82, 2.24) is 19.2 Å². The van der Waals surface area contributed by atoms with E-state index in [0.29, 0.717) is 11.4 Å². The molecule has 0 radical (unpaired) electrons. The molecule has 1 amide bonds. The van der Waals surface area contributed by atoms with E-state index in [9.17, 15) is 18.0 Å². The number of anilines is 1. The fraction of sp³-hybridized carbons (Fsp3) is 0.350. The number of nitrogens with one attached hydrogen (secondary N) is 1. The van der Waals surface area contributed by atoms with Crippen LogP contribution in [-0.4, -0.2) is 51.2 Å². The summed E-state index contributed by atoms with van der Waals surface area (Å²) in [5, 5.41) is 2.58. The van der Waals surface area contributed by atoms with Crippen molar-refractivity contribution in [3.8, 4) is 17.3 Å². The zero-order valence-electron chi connectivity index (χ0n) is 18.2. The molecule has 2 heterocycles. The molecule has 0 aliphatic carbocycles. The number of hydrogen-bond donors (Lipinski definition) is 1. The number of aromatic nitrogens is 3. The van der Waals surface area contributed by atoms with Crippen molar-refractivity contribution >= 4 is 29.3 Å². The summed E-state index contributed by atoms with van der Waals surface area (Å²) in [5.74, 6) is -0.198. The Morgan fingerprint density at radius 1 is 1.38 bits per heavy atom. The summed E-state index contributed by atoms with van der Waals surface area (Å²) in [4.78, 5) is 24.4. The Hall–Kier alpha value is -3.28. The first kappa shape index (κ1) is 25.0. The maximum absolute atomic E-state index is 13.7. The van der Waals surface area contributed by atoms with Crippen molar-refractivity contribution in [2.24, 2.45) is 4.99 Å². The Morgan fingerprint density at radius 3 is 2.62 bits per heavy atom. The third kappa shape index (κ3) is 6.61. The predicted octanol–water partition coefficient (Wildman–Crippen LogP) is 4.66. The average Bonchev–Trinajstić information content (AvgIpc) is 3.17. The fourth-order valence-electron chi connectivity index (χ4n) is 2.39. The molecule has 172 valence electrons. The zero-order valence-corrected chi connectivity index (χ0v) is 19.0. The third-order valence-electron chi connectivity index (χ3n) is 4.06. The standard InChI is InChI=1S/C20H23F3N6O2S/c1-11(2)31-14-7-8-25-16(10-14)18-27-19(32-28-18)26-17(24-5)15(20(21,22)23)9-12(3)29(6)13(4)30/h7-11H,5H2,1-4,6H3,(H,26,27,28)/b12-9+,17-15-. The van der Waals surface area contributed by atoms with E-state index in [4.69, 9.17) is 4.74 Å². The highest BCUT2D eigenvalue weighted by molar-refractivity contribution is 7.09. The number of carbonyl (C=O) groups excluding carboxylic acids is 1. The lowest BCUT2D eigenvalue weighted by molar-refractivity contribution is -0.125. The van der Waals surface area contributed by atoms with Gasteiger partial charge in [0.2, 0.25) is 11.0 Å². The largest absolute Gasteiger partial charge is 0.491 e. The minimum absolute atomic E-state index is 0.0448. The molecule has 0 atom stereocenters. The van der Waals surface area contributed by atoms with Gasteiger partial charge in [-0.05, 0) is 39.6 Å². The molecule has 2 aromatic rings. The molecule has 2 aromatic heterocycles. The predicted molar refractivity (Wildman–Crippen MR) is 117 cm³/mol. The number of alkyl halides is 3. The van der Waals surface area contributed by atoms with Gasteiger partial charge in [-0.2, -0.15) is 22.5 Å². The molecule has 2 rings (SSSR count). The number of halogens is 3. The van der Waals surface area contributed by atoms with Gasteiger partial charge >= 0.3 is 6.18 Å². The molecule has 0 aromatic carbocycles. The SMILES string of the molecule is C=N/C(Nc1nc(-c2cc(OC(C)C)ccn2)ns1)=C(\C=C(/C)N(C)C(C)=O)C(F)(F)F. The summed E-state index contributed by atoms with van der Waals surface area (Å²) in [5.41, 5.74) is -0.628. The van der Waals surface area contributed by atoms with Gasteiger partial charge in [-0.3, -0.25) is 9.78 Å². The van der Waals surface area contributed by atoms with E-state index >= 15 is 0 Å². The van der Waals surface area contributed by atoms with Crippen LogP contribution < -0.4 is 10.1 Å². The summed E-state index contributed by atoms with van der Waals surface area (Å²) in [6, 6.07) is 3.32. The maximum atomic E-state index is 13.7. The van der Waals surface area contributed by atoms with Crippen LogP contribution in [-0.2, 0) is 4.79 Å². The second-order valence-corrected chi connectivity index (χ2v) is 7.63. The van der Waals surface area contributed by atoms with E-state index in [0.717, 1.165) is 22.5 Å². The molecule has 0 saturated heterocycles. The van der Waals surface area contributed by atoms with Crippen molar-refractivity contribution in [3.63, 3.8) is 0 Å². The van der Waals surface area contributed by atoms with E-state index in [1.54, 1.807) is 12.1 Å². The van der Waals surface area contributed by atoms with Gasteiger partial charge in [-0.15, -0.1) is 0 Å². The fourth-order valence-corrected chi connectivity index (χ4v) is 2.97. The number of ether oxygens (including phenoxy) is 1. The van der Waals surface area contributed by atoms with Crippen LogP contribution in [0.15, 0.2) is 46.5 Å². The van der Waals surface area contributed by atoms with Crippen LogP contribution in [0.3, 0.4) is 0 Å². The van der Waals surface area contributed by atoms with Gasteiger partial charge in [-0.25, -0.2) is 4.99 Å². The van der Waals surface area contributed by atoms with Crippen LogP contribution in [0.2, 0.25) is 0 Å². The van der Waals surface area contributed by atoms with Gasteiger partial charge in [0.1, 0.15) is 17.3 Å². The number of hydrogen-bond acceptors (Lipinski definition) is 8. The summed E-state index contributed by atoms with van der Waals surface area (Å²) >= 11 is 0.838. The summed E-state index contributed by atoms with van der Waals surface area (Å²) < 4.78 is 50.9. The molecule has 32 heavy (non-hydrogen) atoms. The Labute approximate surface area is 187 Å². The quantitative estimate of drug-likeness (QED) is 0.448. The van der Waals surface area contributed by atoms with Crippen LogP contribution in [0, 0.1) is 0 Å². The Bertz CT molecular complexity index is 1050. The highest BCUT2D eigenvalue weighted by Gasteiger charge is 2.36. The van der Waals surface area contributed by atoms with Crippen molar-refractivity contribution in [1.29, 1.82) is 0 Å². The van der Waals surface area contributed by atoms with Crippen LogP contribution in [0.1, 0.15) is 27.7 Å². The summed E-state index contributed by atoms with van der Waals surface area (Å²) in [7, 11) is 1.37. The van der Waals surface area contributed by atoms with Gasteiger partial charge in [0.25, 0.3) is 0 Å². The van der Waals surface area contributed by atoms with Gasteiger partial charge in [0, 0.05) is 43.5 Å². The number of amides is 1. The normalized spacial score (nSPS) is 13.0. The van der Waals surface area contributed by atoms with Gasteiger partial charge in [-0.1, -0.05) is 0 Å². The Balaban J connectivity index is 2.39. The van der Waals surface area contributed by atoms with E-state index in [1.165, 1.54) is 27.1 Å². The molecule has 0 aliphatic rings. The minimum atomic E-state index is -4.76. The molecule has 12 heteroatoms. The highest BCUT2D eigenvalue weighted by atomic mass is 32.1. The number of carbonyl (C=O) groups is 1. The number of allylic oxidation sites excluding steroid dienone is 3. The second-order valence-electron chi connectivity index (χ2n) is 6.87. The lowest BCUT2D eigenvalue weighted by Crippen LogP contribution is -2.23. The minimum Gasteiger partial charge on any atom is -0.491 e. The lowest BCUT2D eigenvalue weighted by Gasteiger charge is -2.18. The molecule has 0 aliphatic heterocycles. The summed E-state index contributed by atoms with van der Waals surface area (Å²) in [6.07, 6.45) is -2.47. The lowest BCUT2D eigenvalue weighted by atomic mass is 10.2. The first-order valence-corrected chi connectivity index (χ1v) is 10.1. The Kier molecular flexibility index (Phi) is 8.08. The monoisotopic (exact) mass is 468 g/mol. The van der Waals surface area contributed by atoms with Crippen molar-refractivity contribution < 1.29 is 22.7 Å². The van der Waals surface area contributed by atoms with E-state index in [1.807, 2.05) is 13.8 Å². The summed E-state index contributed by atoms with van der Waals surface area (Å²) in [6.45, 7) is 9.62. The highest BCUT2D eigenvalue weighted by Crippen LogP contribution is 2.32. The first-order chi connectivity index (χ1) is 14.9. The van der Waals surface area contributed by atoms with Crippen molar-refractivity contribution in [2.45, 2.75) is 40.0 Å². The van der Waals surface area contributed by atoms with Gasteiger partial charge in [0.05, 0.1) is 11.7 Å². The number of rotatable bonds is 8. The average molecular weight is 469 g/mol. The number of nitrogens with zero attached hydrogens (tertiary/aromatic N) is 5. The molecular weight excluding hydrogens is 445 g/mol. The van der Waals surface area contributed by atoms with E-state index in [2.05, 4.69) is 31.4 Å². The maximum Gasteiger partial charge on any atom is 0.420 e. The van der Waals surface area contributed by atoms with Gasteiger partial charge in [0.15, 0.2) is 5.82 Å². The smallest absolute Gasteiger partial charge is 0.420 e. The molecule has 0 spiro atoms. The van der Waals surface area contributed by atoms with E-state index in [-0.39, 0.29) is 22.8 Å². The Morgan fingerprint density at radius 2 is 2.06 bits per heavy atom. The second kappa shape index (κ2) is 10.4. The molecular formula is C20H23F3N6O2S. The first-order valence-electron chi connectivity index (χ1n) is 9.37. The molecule has 0 bridgehead atoms. The third-order valence-corrected chi connectivity index (χ3v) is 4.69. The van der Waals surface area contributed by atoms with E-state index < -0.39 is 23.5 Å². The molecule has 8 nitrogen and oxygen atoms in total. The van der Waals surface area contributed by atoms with Crippen LogP contribution in [0.5, 0.6) is 5.75 Å². The van der Waals surface area contributed by atoms with Gasteiger partial charge < -0.3 is 15.0 Å².